The summed E-state index contributed by atoms with van der Waals surface area (Å²) < 4.78 is 19.6. The van der Waals surface area contributed by atoms with Gasteiger partial charge in [0.25, 0.3) is 0 Å². The van der Waals surface area contributed by atoms with Crippen LogP contribution in [0.3, 0.4) is 0 Å². The molecule has 0 aliphatic heterocycles. The molecule has 0 atom stereocenters. The molecule has 0 saturated heterocycles. The molecule has 150 valence electrons. The molecular formula is C14H30Cl4O5S. The molecule has 0 aliphatic carbocycles. The minimum absolute atomic E-state index is 0.0278. The summed E-state index contributed by atoms with van der Waals surface area (Å²) in [5, 5.41) is 17.1. The molecular weight excluding hydrogens is 422 g/mol. The summed E-state index contributed by atoms with van der Waals surface area (Å²) in [6.45, 7) is 5.54. The quantitative estimate of drug-likeness (QED) is 0.348. The molecule has 0 aliphatic rings. The Morgan fingerprint density at radius 1 is 0.833 bits per heavy atom. The van der Waals surface area contributed by atoms with Gasteiger partial charge in [-0.1, -0.05) is 0 Å². The van der Waals surface area contributed by atoms with Crippen molar-refractivity contribution < 1.29 is 23.9 Å². The Hall–Kier alpha value is 1.15. The number of hydrogen-bond donors (Lipinski definition) is 2. The van der Waals surface area contributed by atoms with Crippen LogP contribution < -0.4 is 0 Å². The molecule has 0 aromatic rings. The number of hydrogen-bond acceptors (Lipinski definition) is 5. The highest BCUT2D eigenvalue weighted by molar-refractivity contribution is 8.26. The topological polar surface area (TPSA) is 76.0 Å². The van der Waals surface area contributed by atoms with E-state index in [0.717, 1.165) is 19.4 Å². The van der Waals surface area contributed by atoms with Crippen LogP contribution in [0.5, 0.6) is 0 Å². The van der Waals surface area contributed by atoms with E-state index in [2.05, 4.69) is 21.4 Å². The molecule has 0 heterocycles. The van der Waals surface area contributed by atoms with Crippen LogP contribution in [-0.4, -0.2) is 64.8 Å². The van der Waals surface area contributed by atoms with Crippen LogP contribution in [0.2, 0.25) is 0 Å². The van der Waals surface area contributed by atoms with Crippen LogP contribution >= 0.6 is 44.6 Å². The molecule has 0 radical (unpaired) electrons. The fraction of sp³-hybridized carbons (Fsp3) is 1.00. The van der Waals surface area contributed by atoms with Gasteiger partial charge in [-0.25, -0.2) is 4.21 Å². The Labute approximate surface area is 167 Å². The molecule has 0 amide bonds. The van der Waals surface area contributed by atoms with Crippen molar-refractivity contribution >= 4 is 53.8 Å². The van der Waals surface area contributed by atoms with Gasteiger partial charge >= 0.3 is 0 Å². The molecule has 10 heteroatoms. The summed E-state index contributed by atoms with van der Waals surface area (Å²) in [6.07, 6.45) is 3.34. The number of alkyl halides is 2. The summed E-state index contributed by atoms with van der Waals surface area (Å²) in [7, 11) is 7.36. The van der Waals surface area contributed by atoms with Crippen molar-refractivity contribution in [1.29, 1.82) is 0 Å². The second kappa shape index (κ2) is 26.4. The predicted octanol–water partition coefficient (Wildman–Crippen LogP) is 3.85. The Morgan fingerprint density at radius 3 is 1.33 bits per heavy atom. The average Bonchev–Trinajstić information content (AvgIpc) is 2.49. The van der Waals surface area contributed by atoms with Crippen LogP contribution in [0.4, 0.5) is 0 Å². The molecule has 24 heavy (non-hydrogen) atoms. The third kappa shape index (κ3) is 31.0. The number of aliphatic hydroxyl groups is 2. The highest BCUT2D eigenvalue weighted by Gasteiger charge is 2.06. The first-order chi connectivity index (χ1) is 11.4. The van der Waals surface area contributed by atoms with E-state index in [-0.39, 0.29) is 25.4 Å². The first kappa shape index (κ1) is 29.9. The average molecular weight is 452 g/mol. The van der Waals surface area contributed by atoms with E-state index < -0.39 is 9.23 Å². The van der Waals surface area contributed by atoms with Crippen molar-refractivity contribution in [3.8, 4) is 0 Å². The van der Waals surface area contributed by atoms with Crippen molar-refractivity contribution in [2.24, 2.45) is 0 Å². The zero-order chi connectivity index (χ0) is 19.2. The molecule has 0 saturated carbocycles. The lowest BCUT2D eigenvalue weighted by molar-refractivity contribution is 0.0275. The van der Waals surface area contributed by atoms with Gasteiger partial charge in [0.05, 0.1) is 12.2 Å². The second-order valence-electron chi connectivity index (χ2n) is 4.32. The minimum Gasteiger partial charge on any atom is -0.396 e. The summed E-state index contributed by atoms with van der Waals surface area (Å²) >= 11 is 11.1. The fourth-order valence-corrected chi connectivity index (χ4v) is 2.11. The maximum absolute atomic E-state index is 9.09. The van der Waals surface area contributed by atoms with E-state index in [1.165, 1.54) is 0 Å². The van der Waals surface area contributed by atoms with E-state index in [0.29, 0.717) is 31.2 Å². The molecule has 0 spiro atoms. The summed E-state index contributed by atoms with van der Waals surface area (Å²) in [5.41, 5.74) is 0. The predicted molar refractivity (Wildman–Crippen MR) is 105 cm³/mol. The van der Waals surface area contributed by atoms with Crippen LogP contribution in [0.15, 0.2) is 0 Å². The van der Waals surface area contributed by atoms with Crippen molar-refractivity contribution in [3.05, 3.63) is 0 Å². The molecule has 0 unspecified atom stereocenters. The van der Waals surface area contributed by atoms with Crippen molar-refractivity contribution in [2.75, 3.05) is 38.2 Å². The standard InChI is InChI=1S/C7H14Cl2O.C7H16O3.Cl2OS/c2*1-2-10-7(3-5-8)4-6-9;1-4(2)3/h7H,2-6H2,1H3;7-9H,2-6H2,1H3;. The van der Waals surface area contributed by atoms with Gasteiger partial charge < -0.3 is 19.7 Å². The normalized spacial score (nSPS) is 10.5. The lowest BCUT2D eigenvalue weighted by Gasteiger charge is -2.13. The smallest absolute Gasteiger partial charge is 0.211 e. The van der Waals surface area contributed by atoms with Gasteiger partial charge in [0, 0.05) is 59.6 Å². The molecule has 0 aromatic heterocycles. The Balaban J connectivity index is -0.000000301. The largest absolute Gasteiger partial charge is 0.396 e. The second-order valence-corrected chi connectivity index (χ2v) is 7.60. The highest BCUT2D eigenvalue weighted by atomic mass is 36.0. The van der Waals surface area contributed by atoms with E-state index in [9.17, 15) is 0 Å². The molecule has 0 bridgehead atoms. The van der Waals surface area contributed by atoms with Crippen molar-refractivity contribution in [3.63, 3.8) is 0 Å². The van der Waals surface area contributed by atoms with E-state index in [4.69, 9.17) is 47.1 Å². The monoisotopic (exact) mass is 450 g/mol. The van der Waals surface area contributed by atoms with Crippen LogP contribution in [0.1, 0.15) is 39.5 Å². The molecule has 0 rings (SSSR count). The number of rotatable bonds is 12. The zero-order valence-electron chi connectivity index (χ0n) is 14.3. The molecule has 0 aromatic carbocycles. The number of ether oxygens (including phenoxy) is 2. The van der Waals surface area contributed by atoms with Gasteiger partial charge in [-0.2, -0.15) is 0 Å². The third-order valence-corrected chi connectivity index (χ3v) is 3.01. The lowest BCUT2D eigenvalue weighted by Crippen LogP contribution is -2.16. The van der Waals surface area contributed by atoms with Gasteiger partial charge in [0.15, 0.2) is 0 Å². The van der Waals surface area contributed by atoms with Gasteiger partial charge in [0.1, 0.15) is 0 Å². The van der Waals surface area contributed by atoms with Gasteiger partial charge in [-0.05, 0) is 39.5 Å². The maximum Gasteiger partial charge on any atom is 0.211 e. The maximum atomic E-state index is 9.09. The summed E-state index contributed by atoms with van der Waals surface area (Å²) in [6, 6.07) is 0. The summed E-state index contributed by atoms with van der Waals surface area (Å²) in [4.78, 5) is 0. The van der Waals surface area contributed by atoms with E-state index in [1.54, 1.807) is 0 Å². The Bertz CT molecular complexity index is 203. The van der Waals surface area contributed by atoms with E-state index >= 15 is 0 Å². The minimum atomic E-state index is -1.67. The molecule has 5 nitrogen and oxygen atoms in total. The fourth-order valence-electron chi connectivity index (χ4n) is 1.62. The van der Waals surface area contributed by atoms with Crippen LogP contribution in [-0.2, 0) is 18.7 Å². The van der Waals surface area contributed by atoms with Gasteiger partial charge in [0.2, 0.25) is 9.23 Å². The summed E-state index contributed by atoms with van der Waals surface area (Å²) in [5.74, 6) is 1.31. The van der Waals surface area contributed by atoms with Gasteiger partial charge in [-0.3, -0.25) is 0 Å². The number of halogens is 4. The third-order valence-electron chi connectivity index (χ3n) is 2.57. The van der Waals surface area contributed by atoms with Crippen molar-refractivity contribution in [2.45, 2.75) is 51.7 Å². The van der Waals surface area contributed by atoms with Crippen LogP contribution in [0, 0.1) is 0 Å². The first-order valence-corrected chi connectivity index (χ1v) is 11.6. The number of aliphatic hydroxyl groups excluding tert-OH is 2. The first-order valence-electron chi connectivity index (χ1n) is 7.74. The van der Waals surface area contributed by atoms with Crippen LogP contribution in [0.25, 0.3) is 0 Å². The van der Waals surface area contributed by atoms with Crippen molar-refractivity contribution in [1.82, 2.24) is 0 Å². The molecule has 2 N–H and O–H groups in total. The Kier molecular flexibility index (Phi) is 32.9. The lowest BCUT2D eigenvalue weighted by atomic mass is 10.2. The molecule has 0 fully saturated rings. The Morgan fingerprint density at radius 2 is 1.12 bits per heavy atom. The van der Waals surface area contributed by atoms with Gasteiger partial charge in [-0.15, -0.1) is 23.2 Å². The van der Waals surface area contributed by atoms with E-state index in [1.807, 2.05) is 13.8 Å². The highest BCUT2D eigenvalue weighted by Crippen LogP contribution is 2.06. The SMILES string of the molecule is CCOC(CCCl)CCCl.CCOC(CCO)CCO.O=S(Cl)Cl. The zero-order valence-corrected chi connectivity index (χ0v) is 18.1.